The summed E-state index contributed by atoms with van der Waals surface area (Å²) in [5, 5.41) is 2.89. The molecule has 0 radical (unpaired) electrons. The van der Waals surface area contributed by atoms with Crippen molar-refractivity contribution < 1.29 is 14.0 Å². The van der Waals surface area contributed by atoms with Crippen LogP contribution in [-0.4, -0.2) is 34.6 Å². The zero-order valence-corrected chi connectivity index (χ0v) is 12.2. The van der Waals surface area contributed by atoms with E-state index in [0.29, 0.717) is 18.2 Å². The molecule has 2 amide bonds. The van der Waals surface area contributed by atoms with Gasteiger partial charge in [0.05, 0.1) is 12.5 Å². The smallest absolute Gasteiger partial charge is 0.243 e. The molecule has 2 aliphatic rings. The van der Waals surface area contributed by atoms with E-state index < -0.39 is 0 Å². The lowest BCUT2D eigenvalue weighted by atomic mass is 10.2. The zero-order valence-electron chi connectivity index (χ0n) is 11.4. The first-order valence-electron chi connectivity index (χ1n) is 6.96. The number of furan rings is 1. The van der Waals surface area contributed by atoms with E-state index in [-0.39, 0.29) is 23.2 Å². The minimum absolute atomic E-state index is 0.0112. The second kappa shape index (κ2) is 5.52. The Morgan fingerprint density at radius 1 is 1.50 bits per heavy atom. The van der Waals surface area contributed by atoms with Gasteiger partial charge in [0.2, 0.25) is 11.8 Å². The van der Waals surface area contributed by atoms with Crippen molar-refractivity contribution in [2.24, 2.45) is 0 Å². The third-order valence-electron chi connectivity index (χ3n) is 3.65. The van der Waals surface area contributed by atoms with E-state index in [1.807, 2.05) is 13.0 Å². The highest BCUT2D eigenvalue weighted by molar-refractivity contribution is 7.99. The molecule has 5 nitrogen and oxygen atoms in total. The Labute approximate surface area is 122 Å². The monoisotopic (exact) mass is 294 g/mol. The number of carbonyl (C=O) groups is 2. The van der Waals surface area contributed by atoms with Gasteiger partial charge in [-0.15, -0.1) is 11.8 Å². The summed E-state index contributed by atoms with van der Waals surface area (Å²) in [5.74, 6) is 0.630. The average Bonchev–Trinajstić information content (AvgIpc) is 2.98. The molecule has 0 spiro atoms. The Morgan fingerprint density at radius 3 is 2.90 bits per heavy atom. The van der Waals surface area contributed by atoms with Crippen LogP contribution in [0.4, 0.5) is 0 Å². The van der Waals surface area contributed by atoms with Gasteiger partial charge in [0.1, 0.15) is 11.4 Å². The number of nitrogens with one attached hydrogen (secondary N) is 1. The summed E-state index contributed by atoms with van der Waals surface area (Å²) in [7, 11) is 0. The number of amides is 2. The molecule has 0 aromatic carbocycles. The van der Waals surface area contributed by atoms with Crippen molar-refractivity contribution >= 4 is 23.6 Å². The molecule has 1 aromatic rings. The highest BCUT2D eigenvalue weighted by Gasteiger charge is 2.43. The van der Waals surface area contributed by atoms with Crippen LogP contribution in [0.25, 0.3) is 0 Å². The van der Waals surface area contributed by atoms with Gasteiger partial charge in [-0.05, 0) is 18.9 Å². The molecule has 3 rings (SSSR count). The molecule has 2 unspecified atom stereocenters. The fourth-order valence-corrected chi connectivity index (χ4v) is 3.82. The number of hydrogen-bond donors (Lipinski definition) is 1. The van der Waals surface area contributed by atoms with Crippen LogP contribution in [0.1, 0.15) is 37.1 Å². The standard InChI is InChI=1S/C14H18N2O3S/c1-2-12(17)16-11(13(18)15-10-3-4-10)8-20-14(16)9-5-6-19-7-9/h5-7,10-11,14H,2-4,8H2,1H3,(H,15,18). The molecule has 108 valence electrons. The van der Waals surface area contributed by atoms with Gasteiger partial charge in [-0.2, -0.15) is 0 Å². The number of rotatable bonds is 4. The lowest BCUT2D eigenvalue weighted by molar-refractivity contribution is -0.139. The van der Waals surface area contributed by atoms with Crippen molar-refractivity contribution in [3.05, 3.63) is 24.2 Å². The maximum absolute atomic E-state index is 12.3. The van der Waals surface area contributed by atoms with Gasteiger partial charge in [0, 0.05) is 23.8 Å². The summed E-state index contributed by atoms with van der Waals surface area (Å²) in [6.45, 7) is 1.83. The Kier molecular flexibility index (Phi) is 3.74. The molecular formula is C14H18N2O3S. The van der Waals surface area contributed by atoms with Crippen molar-refractivity contribution in [1.82, 2.24) is 10.2 Å². The summed E-state index contributed by atoms with van der Waals surface area (Å²) >= 11 is 1.62. The first-order valence-corrected chi connectivity index (χ1v) is 8.00. The van der Waals surface area contributed by atoms with E-state index in [0.717, 1.165) is 18.4 Å². The second-order valence-corrected chi connectivity index (χ2v) is 6.31. The van der Waals surface area contributed by atoms with Gasteiger partial charge in [-0.25, -0.2) is 0 Å². The van der Waals surface area contributed by atoms with E-state index in [1.54, 1.807) is 29.2 Å². The quantitative estimate of drug-likeness (QED) is 0.921. The van der Waals surface area contributed by atoms with Gasteiger partial charge < -0.3 is 14.6 Å². The van der Waals surface area contributed by atoms with Crippen LogP contribution < -0.4 is 5.32 Å². The normalized spacial score (nSPS) is 25.8. The van der Waals surface area contributed by atoms with E-state index in [4.69, 9.17) is 4.42 Å². The molecule has 0 bridgehead atoms. The van der Waals surface area contributed by atoms with Crippen LogP contribution in [0.3, 0.4) is 0 Å². The minimum atomic E-state index is -0.368. The van der Waals surface area contributed by atoms with Crippen molar-refractivity contribution in [2.75, 3.05) is 5.75 Å². The van der Waals surface area contributed by atoms with Crippen LogP contribution in [0.2, 0.25) is 0 Å². The fourth-order valence-electron chi connectivity index (χ4n) is 2.39. The molecule has 1 saturated heterocycles. The Bertz CT molecular complexity index is 499. The molecular weight excluding hydrogens is 276 g/mol. The van der Waals surface area contributed by atoms with Crippen molar-refractivity contribution in [2.45, 2.75) is 43.6 Å². The maximum atomic E-state index is 12.3. The average molecular weight is 294 g/mol. The predicted molar refractivity (Wildman–Crippen MR) is 76.0 cm³/mol. The molecule has 1 N–H and O–H groups in total. The van der Waals surface area contributed by atoms with Gasteiger partial charge in [-0.3, -0.25) is 9.59 Å². The summed E-state index contributed by atoms with van der Waals surface area (Å²) in [4.78, 5) is 26.3. The van der Waals surface area contributed by atoms with E-state index >= 15 is 0 Å². The Morgan fingerprint density at radius 2 is 2.30 bits per heavy atom. The zero-order chi connectivity index (χ0) is 14.1. The SMILES string of the molecule is CCC(=O)N1C(C(=O)NC2CC2)CSC1c1ccoc1. The molecule has 2 heterocycles. The summed E-state index contributed by atoms with van der Waals surface area (Å²) in [6, 6.07) is 1.81. The Balaban J connectivity index is 1.79. The molecule has 2 atom stereocenters. The molecule has 2 fully saturated rings. The number of carbonyl (C=O) groups excluding carboxylic acids is 2. The van der Waals surface area contributed by atoms with Crippen molar-refractivity contribution in [3.63, 3.8) is 0 Å². The van der Waals surface area contributed by atoms with E-state index in [1.165, 1.54) is 0 Å². The van der Waals surface area contributed by atoms with Crippen LogP contribution >= 0.6 is 11.8 Å². The largest absolute Gasteiger partial charge is 0.472 e. The topological polar surface area (TPSA) is 62.6 Å². The molecule has 1 aromatic heterocycles. The lowest BCUT2D eigenvalue weighted by Crippen LogP contribution is -2.48. The third-order valence-corrected chi connectivity index (χ3v) is 4.97. The van der Waals surface area contributed by atoms with E-state index in [2.05, 4.69) is 5.32 Å². The highest BCUT2D eigenvalue weighted by atomic mass is 32.2. The molecule has 1 aliphatic carbocycles. The van der Waals surface area contributed by atoms with Crippen LogP contribution in [-0.2, 0) is 9.59 Å². The highest BCUT2D eigenvalue weighted by Crippen LogP contribution is 2.42. The summed E-state index contributed by atoms with van der Waals surface area (Å²) in [5.41, 5.74) is 0.943. The number of thioether (sulfide) groups is 1. The maximum Gasteiger partial charge on any atom is 0.243 e. The molecule has 6 heteroatoms. The Hall–Kier alpha value is -1.43. The molecule has 1 aliphatic heterocycles. The summed E-state index contributed by atoms with van der Waals surface area (Å²) in [6.07, 6.45) is 5.76. The van der Waals surface area contributed by atoms with Gasteiger partial charge >= 0.3 is 0 Å². The number of hydrogen-bond acceptors (Lipinski definition) is 4. The predicted octanol–water partition coefficient (Wildman–Crippen LogP) is 1.91. The molecule has 1 saturated carbocycles. The number of nitrogens with zero attached hydrogens (tertiary/aromatic N) is 1. The second-order valence-electron chi connectivity index (χ2n) is 5.20. The van der Waals surface area contributed by atoms with Crippen LogP contribution in [0.5, 0.6) is 0 Å². The van der Waals surface area contributed by atoms with Crippen LogP contribution in [0.15, 0.2) is 23.0 Å². The van der Waals surface area contributed by atoms with Gasteiger partial charge in [-0.1, -0.05) is 6.92 Å². The summed E-state index contributed by atoms with van der Waals surface area (Å²) < 4.78 is 5.11. The van der Waals surface area contributed by atoms with Gasteiger partial charge in [0.15, 0.2) is 0 Å². The minimum Gasteiger partial charge on any atom is -0.472 e. The molecule has 20 heavy (non-hydrogen) atoms. The van der Waals surface area contributed by atoms with Gasteiger partial charge in [0.25, 0.3) is 0 Å². The van der Waals surface area contributed by atoms with Crippen LogP contribution in [0, 0.1) is 0 Å². The third kappa shape index (κ3) is 2.57. The fraction of sp³-hybridized carbons (Fsp3) is 0.571. The van der Waals surface area contributed by atoms with Crippen molar-refractivity contribution in [3.8, 4) is 0 Å². The first kappa shape index (κ1) is 13.5. The van der Waals surface area contributed by atoms with E-state index in [9.17, 15) is 9.59 Å². The lowest BCUT2D eigenvalue weighted by Gasteiger charge is -2.28. The first-order chi connectivity index (χ1) is 9.70. The van der Waals surface area contributed by atoms with Crippen molar-refractivity contribution in [1.29, 1.82) is 0 Å².